The summed E-state index contributed by atoms with van der Waals surface area (Å²) in [6, 6.07) is 8.58. The molecule has 5 heteroatoms. The summed E-state index contributed by atoms with van der Waals surface area (Å²) >= 11 is 0. The van der Waals surface area contributed by atoms with E-state index in [0.29, 0.717) is 12.5 Å². The van der Waals surface area contributed by atoms with Gasteiger partial charge >= 0.3 is 0 Å². The van der Waals surface area contributed by atoms with Crippen molar-refractivity contribution in [3.05, 3.63) is 53.6 Å². The van der Waals surface area contributed by atoms with Crippen LogP contribution in [0, 0.1) is 18.8 Å². The van der Waals surface area contributed by atoms with E-state index in [9.17, 15) is 5.11 Å². The van der Waals surface area contributed by atoms with Crippen LogP contribution in [-0.4, -0.2) is 79.8 Å². The number of piperidine rings is 1. The molecule has 1 aliphatic carbocycles. The monoisotopic (exact) mass is 454 g/mol. The molecule has 4 atom stereocenters. The number of aliphatic hydroxyl groups is 1. The minimum atomic E-state index is -0.743. The molecular weight excluding hydrogens is 412 g/mol. The molecule has 3 aliphatic rings. The first-order chi connectivity index (χ1) is 16.0. The molecule has 0 amide bonds. The minimum Gasteiger partial charge on any atom is -0.392 e. The van der Waals surface area contributed by atoms with Crippen molar-refractivity contribution in [2.45, 2.75) is 51.4 Å². The Morgan fingerprint density at radius 2 is 1.97 bits per heavy atom. The van der Waals surface area contributed by atoms with Gasteiger partial charge in [0.25, 0.3) is 0 Å². The number of hydrogen-bond acceptors (Lipinski definition) is 5. The highest BCUT2D eigenvalue weighted by Gasteiger charge is 2.41. The van der Waals surface area contributed by atoms with Crippen LogP contribution in [0.15, 0.2) is 42.5 Å². The van der Waals surface area contributed by atoms with Gasteiger partial charge in [0.05, 0.1) is 19.3 Å². The molecule has 2 aliphatic heterocycles. The summed E-state index contributed by atoms with van der Waals surface area (Å²) in [6.07, 6.45) is 10.6. The van der Waals surface area contributed by atoms with Crippen molar-refractivity contribution in [2.75, 3.05) is 53.0 Å². The molecule has 0 bridgehead atoms. The number of nitrogens with zero attached hydrogens (tertiary/aromatic N) is 2. The Morgan fingerprint density at radius 3 is 2.73 bits per heavy atom. The van der Waals surface area contributed by atoms with Crippen LogP contribution in [0.2, 0.25) is 0 Å². The van der Waals surface area contributed by atoms with E-state index in [2.05, 4.69) is 73.2 Å². The summed E-state index contributed by atoms with van der Waals surface area (Å²) in [5, 5.41) is 9.80. The van der Waals surface area contributed by atoms with Crippen molar-refractivity contribution in [2.24, 2.45) is 11.8 Å². The number of benzene rings is 1. The molecular formula is C28H42N2O3. The van der Waals surface area contributed by atoms with Gasteiger partial charge in [0.15, 0.2) is 5.79 Å². The van der Waals surface area contributed by atoms with E-state index in [-0.39, 0.29) is 12.0 Å². The fourth-order valence-electron chi connectivity index (χ4n) is 5.59. The van der Waals surface area contributed by atoms with Crippen LogP contribution < -0.4 is 0 Å². The van der Waals surface area contributed by atoms with Crippen LogP contribution in [0.1, 0.15) is 43.7 Å². The first-order valence-electron chi connectivity index (χ1n) is 12.8. The van der Waals surface area contributed by atoms with Gasteiger partial charge in [-0.15, -0.1) is 0 Å². The molecule has 0 spiro atoms. The van der Waals surface area contributed by atoms with Crippen LogP contribution in [0.4, 0.5) is 0 Å². The van der Waals surface area contributed by atoms with Gasteiger partial charge < -0.3 is 24.4 Å². The van der Waals surface area contributed by atoms with Gasteiger partial charge in [-0.2, -0.15) is 0 Å². The lowest BCUT2D eigenvalue weighted by atomic mass is 9.82. The highest BCUT2D eigenvalue weighted by Crippen LogP contribution is 2.41. The number of hydrogen-bond donors (Lipinski definition) is 1. The summed E-state index contributed by atoms with van der Waals surface area (Å²) in [5.41, 5.74) is 3.83. The summed E-state index contributed by atoms with van der Waals surface area (Å²) in [4.78, 5) is 4.74. The van der Waals surface area contributed by atoms with Crippen LogP contribution in [0.3, 0.4) is 0 Å². The second-order valence-electron chi connectivity index (χ2n) is 10.3. The number of allylic oxidation sites excluding steroid dienone is 2. The van der Waals surface area contributed by atoms with Crippen molar-refractivity contribution >= 4 is 5.57 Å². The van der Waals surface area contributed by atoms with Crippen molar-refractivity contribution in [1.29, 1.82) is 0 Å². The van der Waals surface area contributed by atoms with Crippen molar-refractivity contribution < 1.29 is 14.6 Å². The molecule has 5 nitrogen and oxygen atoms in total. The standard InChI is InChI=1S/C28H42N2O3/c1-22-9-4-5-11-26(22)27-12-6-14-28(23(27)2,33-21-24-10-7-15-29(3)19-24)32-18-8-16-30-17-13-25(31)20-30/h4-6,9,11-12,14,23-25,31H,7-8,10,13,15-21H2,1-3H3/t23?,24?,25-,28?/m1/s1. The van der Waals surface area contributed by atoms with Crippen LogP contribution in [-0.2, 0) is 9.47 Å². The molecule has 182 valence electrons. The molecule has 3 unspecified atom stereocenters. The van der Waals surface area contributed by atoms with Crippen LogP contribution in [0.25, 0.3) is 5.57 Å². The van der Waals surface area contributed by atoms with E-state index in [4.69, 9.17) is 9.47 Å². The lowest BCUT2D eigenvalue weighted by molar-refractivity contribution is -0.229. The zero-order valence-corrected chi connectivity index (χ0v) is 20.7. The average Bonchev–Trinajstić information content (AvgIpc) is 3.22. The fourth-order valence-corrected chi connectivity index (χ4v) is 5.59. The third kappa shape index (κ3) is 6.14. The average molecular weight is 455 g/mol. The summed E-state index contributed by atoms with van der Waals surface area (Å²) in [5.74, 6) is -0.102. The third-order valence-electron chi connectivity index (χ3n) is 7.59. The number of ether oxygens (including phenoxy) is 2. The smallest absolute Gasteiger partial charge is 0.194 e. The second kappa shape index (κ2) is 11.3. The second-order valence-corrected chi connectivity index (χ2v) is 10.3. The summed E-state index contributed by atoms with van der Waals surface area (Å²) in [7, 11) is 2.20. The van der Waals surface area contributed by atoms with Gasteiger partial charge in [0, 0.05) is 32.1 Å². The molecule has 0 saturated carbocycles. The van der Waals surface area contributed by atoms with Gasteiger partial charge in [-0.1, -0.05) is 43.3 Å². The van der Waals surface area contributed by atoms with Crippen LogP contribution >= 0.6 is 0 Å². The normalized spacial score (nSPS) is 31.2. The highest BCUT2D eigenvalue weighted by molar-refractivity contribution is 5.73. The van der Waals surface area contributed by atoms with Crippen molar-refractivity contribution in [3.8, 4) is 0 Å². The molecule has 1 aromatic rings. The quantitative estimate of drug-likeness (QED) is 0.449. The van der Waals surface area contributed by atoms with Crippen LogP contribution in [0.5, 0.6) is 0 Å². The van der Waals surface area contributed by atoms with E-state index in [1.54, 1.807) is 0 Å². The van der Waals surface area contributed by atoms with E-state index in [0.717, 1.165) is 45.6 Å². The zero-order valence-electron chi connectivity index (χ0n) is 20.7. The Hall–Kier alpha value is -1.50. The maximum absolute atomic E-state index is 9.80. The summed E-state index contributed by atoms with van der Waals surface area (Å²) < 4.78 is 13.3. The van der Waals surface area contributed by atoms with Gasteiger partial charge in [-0.25, -0.2) is 0 Å². The van der Waals surface area contributed by atoms with Crippen molar-refractivity contribution in [3.63, 3.8) is 0 Å². The Morgan fingerprint density at radius 1 is 1.12 bits per heavy atom. The predicted molar refractivity (Wildman–Crippen MR) is 134 cm³/mol. The van der Waals surface area contributed by atoms with Gasteiger partial charge in [-0.05, 0) is 74.9 Å². The Balaban J connectivity index is 1.45. The fraction of sp³-hybridized carbons (Fsp3) is 0.643. The molecule has 2 fully saturated rings. The number of likely N-dealkylation sites (tertiary alicyclic amines) is 2. The maximum Gasteiger partial charge on any atom is 0.194 e. The summed E-state index contributed by atoms with van der Waals surface area (Å²) in [6.45, 7) is 10.8. The molecule has 2 saturated heterocycles. The third-order valence-corrected chi connectivity index (χ3v) is 7.59. The first-order valence-corrected chi connectivity index (χ1v) is 12.8. The lowest BCUT2D eigenvalue weighted by Gasteiger charge is -2.41. The number of aliphatic hydroxyl groups excluding tert-OH is 1. The molecule has 1 aromatic carbocycles. The minimum absolute atomic E-state index is 0.0959. The molecule has 33 heavy (non-hydrogen) atoms. The zero-order chi connectivity index (χ0) is 23.3. The Labute approximate surface area is 200 Å². The van der Waals surface area contributed by atoms with Crippen molar-refractivity contribution in [1.82, 2.24) is 9.80 Å². The Kier molecular flexibility index (Phi) is 8.42. The molecule has 2 heterocycles. The van der Waals surface area contributed by atoms with E-state index >= 15 is 0 Å². The Bertz CT molecular complexity index is 838. The van der Waals surface area contributed by atoms with Gasteiger partial charge in [-0.3, -0.25) is 0 Å². The van der Waals surface area contributed by atoms with E-state index < -0.39 is 5.79 Å². The topological polar surface area (TPSA) is 45.2 Å². The number of β-amino-alcohol motifs (C(OH)–C–C–N with tert-alkyl or cyclic N) is 1. The van der Waals surface area contributed by atoms with E-state index in [1.165, 1.54) is 36.1 Å². The van der Waals surface area contributed by atoms with E-state index in [1.807, 2.05) is 0 Å². The van der Waals surface area contributed by atoms with Gasteiger partial charge in [0.2, 0.25) is 0 Å². The van der Waals surface area contributed by atoms with Gasteiger partial charge in [0.1, 0.15) is 0 Å². The SMILES string of the molecule is Cc1ccccc1C1=CC=CC(OCCCN2CC[C@@H](O)C2)(OCC2CCCN(C)C2)C1C. The maximum atomic E-state index is 9.80. The largest absolute Gasteiger partial charge is 0.392 e. The first kappa shape index (κ1) is 24.6. The molecule has 0 radical (unpaired) electrons. The predicted octanol–water partition coefficient (Wildman–Crippen LogP) is 4.11. The highest BCUT2D eigenvalue weighted by atomic mass is 16.7. The molecule has 1 N–H and O–H groups in total. The number of aryl methyl sites for hydroxylation is 1. The lowest BCUT2D eigenvalue weighted by Crippen LogP contribution is -2.45. The molecule has 0 aromatic heterocycles. The number of rotatable bonds is 9. The molecule has 4 rings (SSSR count).